The quantitative estimate of drug-likeness (QED) is 0.828. The van der Waals surface area contributed by atoms with Crippen LogP contribution in [-0.4, -0.2) is 41.9 Å². The summed E-state index contributed by atoms with van der Waals surface area (Å²) < 4.78 is 33.0. The summed E-state index contributed by atoms with van der Waals surface area (Å²) in [5.41, 5.74) is 0.247. The van der Waals surface area contributed by atoms with Crippen LogP contribution in [0.1, 0.15) is 62.8 Å². The lowest BCUT2D eigenvalue weighted by atomic mass is 9.53. The smallest absolute Gasteiger partial charge is 0.249 e. The molecule has 154 valence electrons. The monoisotopic (exact) mass is 407 g/mol. The third-order valence-corrected chi connectivity index (χ3v) is 9.62. The van der Waals surface area contributed by atoms with Gasteiger partial charge in [-0.1, -0.05) is 5.16 Å². The molecule has 0 radical (unpaired) electrons. The zero-order chi connectivity index (χ0) is 19.7. The Morgan fingerprint density at radius 2 is 1.75 bits per heavy atom. The number of hydrogen-bond acceptors (Lipinski definition) is 5. The fourth-order valence-corrected chi connectivity index (χ4v) is 8.81. The zero-order valence-electron chi connectivity index (χ0n) is 16.6. The van der Waals surface area contributed by atoms with Crippen LogP contribution >= 0.6 is 0 Å². The molecule has 1 aliphatic heterocycles. The van der Waals surface area contributed by atoms with Crippen molar-refractivity contribution in [2.24, 2.45) is 17.8 Å². The summed E-state index contributed by atoms with van der Waals surface area (Å²) in [6.45, 7) is 3.60. The lowest BCUT2D eigenvalue weighted by molar-refractivity contribution is -0.130. The fraction of sp³-hybridized carbons (Fsp3) is 0.800. The van der Waals surface area contributed by atoms with Crippen LogP contribution in [0.15, 0.2) is 9.42 Å². The first-order chi connectivity index (χ1) is 13.3. The van der Waals surface area contributed by atoms with Gasteiger partial charge in [-0.15, -0.1) is 0 Å². The molecular weight excluding hydrogens is 378 g/mol. The first-order valence-electron chi connectivity index (χ1n) is 10.5. The predicted octanol–water partition coefficient (Wildman–Crippen LogP) is 2.53. The molecule has 0 aromatic carbocycles. The molecular formula is C20H29N3O4S. The topological polar surface area (TPSA) is 92.5 Å². The predicted molar refractivity (Wildman–Crippen MR) is 102 cm³/mol. The number of sulfonamides is 1. The lowest BCUT2D eigenvalue weighted by Crippen LogP contribution is -2.62. The molecule has 4 bridgehead atoms. The maximum absolute atomic E-state index is 13.3. The summed E-state index contributed by atoms with van der Waals surface area (Å²) in [4.78, 5) is 13.4. The molecule has 7 nitrogen and oxygen atoms in total. The molecule has 5 fully saturated rings. The summed E-state index contributed by atoms with van der Waals surface area (Å²) in [5, 5.41) is 7.15. The second-order valence-corrected chi connectivity index (χ2v) is 11.4. The Labute approximate surface area is 166 Å². The maximum atomic E-state index is 13.3. The standard InChI is InChI=1S/C20H29N3O4S/c1-12-18(13(2)27-22-12)28(25,26)23-5-3-4-17(23)19(24)21-20-9-14-6-15(10-20)8-16(7-14)11-20/h14-17H,3-11H2,1-2H3,(H,21,24)/t14?,15?,16?,17-,20?/m0/s1. The summed E-state index contributed by atoms with van der Waals surface area (Å²) in [5.74, 6) is 2.37. The summed E-state index contributed by atoms with van der Waals surface area (Å²) >= 11 is 0. The van der Waals surface area contributed by atoms with Crippen LogP contribution in [0.2, 0.25) is 0 Å². The average molecular weight is 408 g/mol. The van der Waals surface area contributed by atoms with E-state index in [2.05, 4.69) is 10.5 Å². The van der Waals surface area contributed by atoms with Gasteiger partial charge in [-0.2, -0.15) is 4.31 Å². The number of amides is 1. The van der Waals surface area contributed by atoms with Crippen molar-refractivity contribution in [1.29, 1.82) is 0 Å². The summed E-state index contributed by atoms with van der Waals surface area (Å²) in [6.07, 6.45) is 8.39. The highest BCUT2D eigenvalue weighted by Crippen LogP contribution is 2.55. The lowest BCUT2D eigenvalue weighted by Gasteiger charge is -2.57. The van der Waals surface area contributed by atoms with Gasteiger partial charge in [-0.25, -0.2) is 8.42 Å². The normalized spacial score (nSPS) is 37.5. The Morgan fingerprint density at radius 1 is 1.14 bits per heavy atom. The highest BCUT2D eigenvalue weighted by atomic mass is 32.2. The largest absolute Gasteiger partial charge is 0.360 e. The van der Waals surface area contributed by atoms with E-state index in [1.807, 2.05) is 0 Å². The minimum absolute atomic E-state index is 0.104. The highest BCUT2D eigenvalue weighted by Gasteiger charge is 2.53. The van der Waals surface area contributed by atoms with Gasteiger partial charge in [-0.05, 0) is 83.0 Å². The van der Waals surface area contributed by atoms with Crippen molar-refractivity contribution in [2.45, 2.75) is 81.7 Å². The zero-order valence-corrected chi connectivity index (χ0v) is 17.4. The van der Waals surface area contributed by atoms with Crippen molar-refractivity contribution in [3.63, 3.8) is 0 Å². The van der Waals surface area contributed by atoms with Gasteiger partial charge in [0.05, 0.1) is 0 Å². The number of nitrogens with one attached hydrogen (secondary N) is 1. The number of carbonyl (C=O) groups is 1. The molecule has 1 aromatic rings. The van der Waals surface area contributed by atoms with Crippen LogP contribution in [0, 0.1) is 31.6 Å². The molecule has 4 aliphatic carbocycles. The second kappa shape index (κ2) is 6.29. The molecule has 1 atom stereocenters. The van der Waals surface area contributed by atoms with Crippen LogP contribution in [-0.2, 0) is 14.8 Å². The van der Waals surface area contributed by atoms with Gasteiger partial charge < -0.3 is 9.84 Å². The van der Waals surface area contributed by atoms with Gasteiger partial charge in [0.15, 0.2) is 5.76 Å². The molecule has 5 aliphatic rings. The van der Waals surface area contributed by atoms with Crippen LogP contribution in [0.25, 0.3) is 0 Å². The van der Waals surface area contributed by atoms with Crippen molar-refractivity contribution < 1.29 is 17.7 Å². The van der Waals surface area contributed by atoms with Gasteiger partial charge >= 0.3 is 0 Å². The van der Waals surface area contributed by atoms with Crippen molar-refractivity contribution in [2.75, 3.05) is 6.54 Å². The van der Waals surface area contributed by atoms with E-state index in [4.69, 9.17) is 4.52 Å². The Bertz CT molecular complexity index is 852. The summed E-state index contributed by atoms with van der Waals surface area (Å²) in [7, 11) is -3.80. The highest BCUT2D eigenvalue weighted by molar-refractivity contribution is 7.89. The first-order valence-corrected chi connectivity index (χ1v) is 12.0. The van der Waals surface area contributed by atoms with E-state index in [1.165, 1.54) is 23.6 Å². The van der Waals surface area contributed by atoms with E-state index in [-0.39, 0.29) is 22.1 Å². The molecule has 1 saturated heterocycles. The van der Waals surface area contributed by atoms with Crippen molar-refractivity contribution in [3.05, 3.63) is 11.5 Å². The first kappa shape index (κ1) is 18.6. The molecule has 1 aromatic heterocycles. The molecule has 6 rings (SSSR count). The van der Waals surface area contributed by atoms with Crippen LogP contribution < -0.4 is 5.32 Å². The van der Waals surface area contributed by atoms with E-state index in [9.17, 15) is 13.2 Å². The number of nitrogens with zero attached hydrogens (tertiary/aromatic N) is 2. The molecule has 1 N–H and O–H groups in total. The Morgan fingerprint density at radius 3 is 2.29 bits per heavy atom. The number of aromatic nitrogens is 1. The fourth-order valence-electron chi connectivity index (χ4n) is 6.86. The minimum atomic E-state index is -3.80. The number of hydrogen-bond donors (Lipinski definition) is 1. The van der Waals surface area contributed by atoms with E-state index in [0.717, 1.165) is 37.0 Å². The minimum Gasteiger partial charge on any atom is -0.360 e. The molecule has 0 spiro atoms. The molecule has 0 unspecified atom stereocenters. The maximum Gasteiger partial charge on any atom is 0.249 e. The second-order valence-electron chi connectivity index (χ2n) is 9.61. The molecule has 1 amide bonds. The van der Waals surface area contributed by atoms with Gasteiger partial charge in [0, 0.05) is 12.1 Å². The molecule has 2 heterocycles. The van der Waals surface area contributed by atoms with Gasteiger partial charge in [0.25, 0.3) is 0 Å². The van der Waals surface area contributed by atoms with Crippen molar-refractivity contribution in [1.82, 2.24) is 14.8 Å². The van der Waals surface area contributed by atoms with Crippen LogP contribution in [0.5, 0.6) is 0 Å². The third-order valence-electron chi connectivity index (χ3n) is 7.47. The van der Waals surface area contributed by atoms with E-state index >= 15 is 0 Å². The number of carbonyl (C=O) groups excluding carboxylic acids is 1. The summed E-state index contributed by atoms with van der Waals surface area (Å²) in [6, 6.07) is -0.633. The van der Waals surface area contributed by atoms with Crippen LogP contribution in [0.3, 0.4) is 0 Å². The third kappa shape index (κ3) is 2.83. The number of rotatable bonds is 4. The molecule has 8 heteroatoms. The van der Waals surface area contributed by atoms with Gasteiger partial charge in [0.2, 0.25) is 15.9 Å². The average Bonchev–Trinajstić information content (AvgIpc) is 3.20. The Kier molecular flexibility index (Phi) is 4.18. The van der Waals surface area contributed by atoms with Crippen molar-refractivity contribution in [3.8, 4) is 0 Å². The van der Waals surface area contributed by atoms with E-state index < -0.39 is 16.1 Å². The van der Waals surface area contributed by atoms with E-state index in [0.29, 0.717) is 25.1 Å². The SMILES string of the molecule is Cc1noc(C)c1S(=O)(=O)N1CCC[C@H]1C(=O)NC12CC3CC(CC(C3)C1)C2. The Hall–Kier alpha value is -1.41. The van der Waals surface area contributed by atoms with E-state index in [1.54, 1.807) is 13.8 Å². The number of aryl methyl sites for hydroxylation is 2. The Balaban J connectivity index is 1.38. The van der Waals surface area contributed by atoms with Gasteiger partial charge in [-0.3, -0.25) is 4.79 Å². The molecule has 4 saturated carbocycles. The van der Waals surface area contributed by atoms with Gasteiger partial charge in [0.1, 0.15) is 16.6 Å². The van der Waals surface area contributed by atoms with Crippen molar-refractivity contribution >= 4 is 15.9 Å². The van der Waals surface area contributed by atoms with Crippen LogP contribution in [0.4, 0.5) is 0 Å². The molecule has 28 heavy (non-hydrogen) atoms.